The number of aliphatic imine (C=N–C) groups is 1. The topological polar surface area (TPSA) is 45.7 Å². The van der Waals surface area contributed by atoms with Crippen LogP contribution in [0.3, 0.4) is 0 Å². The van der Waals surface area contributed by atoms with Crippen LogP contribution < -0.4 is 10.6 Å². The molecule has 0 aromatic heterocycles. The van der Waals surface area contributed by atoms with Gasteiger partial charge in [0.2, 0.25) is 0 Å². The zero-order valence-electron chi connectivity index (χ0n) is 12.7. The lowest BCUT2D eigenvalue weighted by molar-refractivity contribution is 0.0689. The quantitative estimate of drug-likeness (QED) is 0.592. The van der Waals surface area contributed by atoms with Crippen molar-refractivity contribution in [2.45, 2.75) is 40.0 Å². The molecule has 2 rings (SSSR count). The van der Waals surface area contributed by atoms with E-state index < -0.39 is 0 Å². The Morgan fingerprint density at radius 3 is 2.53 bits per heavy atom. The molecular weight excluding hydrogens is 238 g/mol. The molecule has 0 bridgehead atoms. The monoisotopic (exact) mass is 267 g/mol. The molecule has 2 N–H and O–H groups in total. The summed E-state index contributed by atoms with van der Waals surface area (Å²) in [6, 6.07) is 0. The third-order valence-electron chi connectivity index (χ3n) is 4.43. The highest BCUT2D eigenvalue weighted by molar-refractivity contribution is 5.79. The Bertz CT molecular complexity index is 309. The van der Waals surface area contributed by atoms with Crippen LogP contribution in [0.25, 0.3) is 0 Å². The van der Waals surface area contributed by atoms with Crippen molar-refractivity contribution in [2.75, 3.05) is 32.8 Å². The second kappa shape index (κ2) is 6.60. The Balaban J connectivity index is 1.74. The molecule has 1 aliphatic heterocycles. The second-order valence-corrected chi connectivity index (χ2v) is 6.55. The van der Waals surface area contributed by atoms with Gasteiger partial charge in [0.05, 0.1) is 0 Å². The van der Waals surface area contributed by atoms with Crippen LogP contribution in [0.4, 0.5) is 0 Å². The summed E-state index contributed by atoms with van der Waals surface area (Å²) < 4.78 is 5.38. The molecule has 4 heteroatoms. The van der Waals surface area contributed by atoms with Gasteiger partial charge >= 0.3 is 0 Å². The van der Waals surface area contributed by atoms with E-state index >= 15 is 0 Å². The van der Waals surface area contributed by atoms with Crippen molar-refractivity contribution in [1.29, 1.82) is 0 Å². The molecule has 4 nitrogen and oxygen atoms in total. The maximum absolute atomic E-state index is 5.38. The average Bonchev–Trinajstić information content (AvgIpc) is 3.02. The number of guanidine groups is 1. The van der Waals surface area contributed by atoms with Gasteiger partial charge in [0, 0.05) is 32.8 Å². The van der Waals surface area contributed by atoms with E-state index in [9.17, 15) is 0 Å². The fourth-order valence-corrected chi connectivity index (χ4v) is 2.64. The van der Waals surface area contributed by atoms with Crippen molar-refractivity contribution in [3.05, 3.63) is 0 Å². The van der Waals surface area contributed by atoms with Gasteiger partial charge in [0.1, 0.15) is 0 Å². The van der Waals surface area contributed by atoms with Crippen molar-refractivity contribution in [2.24, 2.45) is 22.2 Å². The third-order valence-corrected chi connectivity index (χ3v) is 4.43. The number of nitrogens with zero attached hydrogens (tertiary/aromatic N) is 1. The van der Waals surface area contributed by atoms with E-state index in [0.29, 0.717) is 11.3 Å². The van der Waals surface area contributed by atoms with E-state index in [2.05, 4.69) is 31.4 Å². The molecular formula is C15H29N3O. The van der Waals surface area contributed by atoms with Crippen molar-refractivity contribution in [1.82, 2.24) is 10.6 Å². The van der Waals surface area contributed by atoms with E-state index in [0.717, 1.165) is 57.6 Å². The molecule has 0 aromatic rings. The predicted molar refractivity (Wildman–Crippen MR) is 79.4 cm³/mol. The van der Waals surface area contributed by atoms with Gasteiger partial charge in [0.25, 0.3) is 0 Å². The predicted octanol–water partition coefficient (Wildman–Crippen LogP) is 2.01. The molecule has 0 aromatic carbocycles. The van der Waals surface area contributed by atoms with Crippen molar-refractivity contribution in [3.63, 3.8) is 0 Å². The van der Waals surface area contributed by atoms with Crippen LogP contribution in [-0.4, -0.2) is 38.8 Å². The van der Waals surface area contributed by atoms with Crippen molar-refractivity contribution >= 4 is 5.96 Å². The summed E-state index contributed by atoms with van der Waals surface area (Å²) in [5, 5.41) is 6.83. The largest absolute Gasteiger partial charge is 0.381 e. The number of ether oxygens (including phenoxy) is 1. The Morgan fingerprint density at radius 1 is 1.26 bits per heavy atom. The Labute approximate surface area is 117 Å². The molecule has 1 unspecified atom stereocenters. The lowest BCUT2D eigenvalue weighted by Gasteiger charge is -2.21. The zero-order chi connectivity index (χ0) is 13.7. The normalized spacial score (nSPS) is 27.1. The molecule has 1 aliphatic carbocycles. The van der Waals surface area contributed by atoms with E-state index in [-0.39, 0.29) is 0 Å². The maximum Gasteiger partial charge on any atom is 0.191 e. The number of nitrogens with one attached hydrogen (secondary N) is 2. The summed E-state index contributed by atoms with van der Waals surface area (Å²) in [6.45, 7) is 11.5. The minimum absolute atomic E-state index is 0.533. The van der Waals surface area contributed by atoms with Gasteiger partial charge in [-0.25, -0.2) is 0 Å². The highest BCUT2D eigenvalue weighted by Gasteiger charge is 2.45. The molecule has 19 heavy (non-hydrogen) atoms. The summed E-state index contributed by atoms with van der Waals surface area (Å²) in [5.74, 6) is 2.48. The van der Waals surface area contributed by atoms with Gasteiger partial charge in [-0.3, -0.25) is 4.99 Å². The first-order valence-electron chi connectivity index (χ1n) is 7.71. The Hall–Kier alpha value is -0.770. The summed E-state index contributed by atoms with van der Waals surface area (Å²) in [4.78, 5) is 4.72. The molecule has 1 saturated heterocycles. The first-order valence-corrected chi connectivity index (χ1v) is 7.71. The molecule has 0 amide bonds. The molecule has 1 heterocycles. The van der Waals surface area contributed by atoms with Gasteiger partial charge < -0.3 is 15.4 Å². The summed E-state index contributed by atoms with van der Waals surface area (Å²) in [6.07, 6.45) is 3.64. The van der Waals surface area contributed by atoms with Crippen LogP contribution in [0, 0.1) is 17.3 Å². The SMILES string of the molecule is CCNC(=NCC1CCOCC1)NCC1CC1(C)C. The minimum atomic E-state index is 0.533. The summed E-state index contributed by atoms with van der Waals surface area (Å²) >= 11 is 0. The van der Waals surface area contributed by atoms with E-state index in [1.165, 1.54) is 6.42 Å². The van der Waals surface area contributed by atoms with Crippen molar-refractivity contribution in [3.8, 4) is 0 Å². The van der Waals surface area contributed by atoms with E-state index in [1.807, 2.05) is 0 Å². The van der Waals surface area contributed by atoms with Crippen LogP contribution in [0.5, 0.6) is 0 Å². The van der Waals surface area contributed by atoms with E-state index in [4.69, 9.17) is 9.73 Å². The zero-order valence-corrected chi connectivity index (χ0v) is 12.7. The third kappa shape index (κ3) is 4.68. The van der Waals surface area contributed by atoms with Gasteiger partial charge in [0.15, 0.2) is 5.96 Å². The van der Waals surface area contributed by atoms with Crippen LogP contribution in [0.1, 0.15) is 40.0 Å². The Kier molecular flexibility index (Phi) is 5.08. The van der Waals surface area contributed by atoms with Gasteiger partial charge in [-0.05, 0) is 43.4 Å². The van der Waals surface area contributed by atoms with Crippen LogP contribution in [0.15, 0.2) is 4.99 Å². The number of rotatable bonds is 5. The number of hydrogen-bond donors (Lipinski definition) is 2. The molecule has 0 spiro atoms. The number of hydrogen-bond acceptors (Lipinski definition) is 2. The highest BCUT2D eigenvalue weighted by Crippen LogP contribution is 2.50. The van der Waals surface area contributed by atoms with Gasteiger partial charge in [-0.1, -0.05) is 13.8 Å². The van der Waals surface area contributed by atoms with Crippen LogP contribution in [0.2, 0.25) is 0 Å². The fraction of sp³-hybridized carbons (Fsp3) is 0.933. The lowest BCUT2D eigenvalue weighted by Crippen LogP contribution is -2.39. The van der Waals surface area contributed by atoms with Gasteiger partial charge in [-0.2, -0.15) is 0 Å². The molecule has 1 atom stereocenters. The molecule has 110 valence electrons. The summed E-state index contributed by atoms with van der Waals surface area (Å²) in [7, 11) is 0. The second-order valence-electron chi connectivity index (χ2n) is 6.55. The highest BCUT2D eigenvalue weighted by atomic mass is 16.5. The summed E-state index contributed by atoms with van der Waals surface area (Å²) in [5.41, 5.74) is 0.533. The first kappa shape index (κ1) is 14.6. The minimum Gasteiger partial charge on any atom is -0.381 e. The molecule has 1 saturated carbocycles. The lowest BCUT2D eigenvalue weighted by atomic mass is 10.0. The standard InChI is InChI=1S/C15H29N3O/c1-4-16-14(18-11-13-9-15(13,2)3)17-10-12-5-7-19-8-6-12/h12-13H,4-11H2,1-3H3,(H2,16,17,18). The fourth-order valence-electron chi connectivity index (χ4n) is 2.64. The average molecular weight is 267 g/mol. The van der Waals surface area contributed by atoms with E-state index in [1.54, 1.807) is 0 Å². The smallest absolute Gasteiger partial charge is 0.191 e. The molecule has 2 aliphatic rings. The maximum atomic E-state index is 5.38. The van der Waals surface area contributed by atoms with Gasteiger partial charge in [-0.15, -0.1) is 0 Å². The first-order chi connectivity index (χ1) is 9.12. The van der Waals surface area contributed by atoms with Crippen molar-refractivity contribution < 1.29 is 4.74 Å². The van der Waals surface area contributed by atoms with Crippen LogP contribution in [-0.2, 0) is 4.74 Å². The molecule has 0 radical (unpaired) electrons. The molecule has 2 fully saturated rings. The van der Waals surface area contributed by atoms with Crippen LogP contribution >= 0.6 is 0 Å². The Morgan fingerprint density at radius 2 is 1.95 bits per heavy atom.